The lowest BCUT2D eigenvalue weighted by molar-refractivity contribution is -0.118. The third kappa shape index (κ3) is 3.00. The van der Waals surface area contributed by atoms with E-state index in [1.165, 1.54) is 11.8 Å². The molecule has 2 rings (SSSR count). The number of ether oxygens (including phenoxy) is 1. The molecule has 0 radical (unpaired) electrons. The molecule has 17 heavy (non-hydrogen) atoms. The van der Waals surface area contributed by atoms with Gasteiger partial charge in [-0.1, -0.05) is 23.9 Å². The molecule has 1 saturated heterocycles. The minimum Gasteiger partial charge on any atom is -0.494 e. The van der Waals surface area contributed by atoms with E-state index in [4.69, 9.17) is 10.1 Å². The van der Waals surface area contributed by atoms with Crippen molar-refractivity contribution in [3.8, 4) is 5.75 Å². The zero-order chi connectivity index (χ0) is 12.3. The fourth-order valence-corrected chi connectivity index (χ4v) is 2.54. The molecular weight excluding hydrogens is 236 g/mol. The maximum absolute atomic E-state index is 11.5. The smallest absolute Gasteiger partial charge is 0.239 e. The second-order valence-electron chi connectivity index (χ2n) is 3.71. The van der Waals surface area contributed by atoms with Crippen molar-refractivity contribution in [2.75, 3.05) is 6.61 Å². The lowest BCUT2D eigenvalue weighted by Crippen LogP contribution is -2.25. The lowest BCUT2D eigenvalue weighted by atomic mass is 10.1. The molecule has 1 fully saturated rings. The highest BCUT2D eigenvalue weighted by molar-refractivity contribution is 8.15. The highest BCUT2D eigenvalue weighted by Gasteiger charge is 2.29. The van der Waals surface area contributed by atoms with Gasteiger partial charge < -0.3 is 10.1 Å². The van der Waals surface area contributed by atoms with Crippen LogP contribution in [-0.4, -0.2) is 22.9 Å². The lowest BCUT2D eigenvalue weighted by Gasteiger charge is -2.07. The van der Waals surface area contributed by atoms with Gasteiger partial charge in [-0.3, -0.25) is 10.2 Å². The Kier molecular flexibility index (Phi) is 3.68. The molecule has 1 aliphatic heterocycles. The van der Waals surface area contributed by atoms with E-state index in [0.29, 0.717) is 13.0 Å². The van der Waals surface area contributed by atoms with Gasteiger partial charge in [0.15, 0.2) is 5.17 Å². The fraction of sp³-hybridized carbons (Fsp3) is 0.333. The molecule has 0 bridgehead atoms. The van der Waals surface area contributed by atoms with Crippen LogP contribution in [0.5, 0.6) is 5.75 Å². The van der Waals surface area contributed by atoms with Crippen LogP contribution in [0.25, 0.3) is 0 Å². The van der Waals surface area contributed by atoms with Crippen LogP contribution in [0, 0.1) is 5.41 Å². The fourth-order valence-electron chi connectivity index (χ4n) is 1.65. The maximum Gasteiger partial charge on any atom is 0.239 e. The Morgan fingerprint density at radius 2 is 2.12 bits per heavy atom. The summed E-state index contributed by atoms with van der Waals surface area (Å²) in [4.78, 5) is 11.5. The Balaban J connectivity index is 1.99. The minimum absolute atomic E-state index is 0.0751. The number of hydrogen-bond donors (Lipinski definition) is 2. The van der Waals surface area contributed by atoms with Gasteiger partial charge >= 0.3 is 0 Å². The normalized spacial score (nSPS) is 19.2. The number of carbonyl (C=O) groups excluding carboxylic acids is 1. The summed E-state index contributed by atoms with van der Waals surface area (Å²) in [6.07, 6.45) is 0.644. The highest BCUT2D eigenvalue weighted by atomic mass is 32.2. The van der Waals surface area contributed by atoms with Crippen molar-refractivity contribution in [3.63, 3.8) is 0 Å². The second-order valence-corrected chi connectivity index (χ2v) is 4.92. The Hall–Kier alpha value is -1.49. The summed E-state index contributed by atoms with van der Waals surface area (Å²) in [7, 11) is 0. The van der Waals surface area contributed by atoms with Crippen molar-refractivity contribution in [1.29, 1.82) is 5.41 Å². The summed E-state index contributed by atoms with van der Waals surface area (Å²) in [5.41, 5.74) is 1.08. The Labute approximate surface area is 104 Å². The predicted molar refractivity (Wildman–Crippen MR) is 68.6 cm³/mol. The number of amidine groups is 1. The van der Waals surface area contributed by atoms with Gasteiger partial charge in [-0.15, -0.1) is 0 Å². The summed E-state index contributed by atoms with van der Waals surface area (Å²) in [5, 5.41) is 9.94. The molecule has 5 heteroatoms. The van der Waals surface area contributed by atoms with Gasteiger partial charge in [0.1, 0.15) is 5.75 Å². The largest absolute Gasteiger partial charge is 0.494 e. The molecule has 1 unspecified atom stereocenters. The van der Waals surface area contributed by atoms with Crippen LogP contribution in [0.15, 0.2) is 24.3 Å². The van der Waals surface area contributed by atoms with Crippen LogP contribution in [0.2, 0.25) is 0 Å². The molecule has 0 aromatic heterocycles. The van der Waals surface area contributed by atoms with Gasteiger partial charge in [0.25, 0.3) is 0 Å². The molecule has 4 nitrogen and oxygen atoms in total. The third-order valence-corrected chi connectivity index (χ3v) is 3.45. The van der Waals surface area contributed by atoms with Crippen LogP contribution in [0.4, 0.5) is 0 Å². The second kappa shape index (κ2) is 5.23. The van der Waals surface area contributed by atoms with Crippen LogP contribution < -0.4 is 10.1 Å². The van der Waals surface area contributed by atoms with Crippen molar-refractivity contribution in [2.45, 2.75) is 18.6 Å². The highest BCUT2D eigenvalue weighted by Crippen LogP contribution is 2.23. The summed E-state index contributed by atoms with van der Waals surface area (Å²) in [6, 6.07) is 7.73. The molecule has 1 aliphatic rings. The van der Waals surface area contributed by atoms with E-state index in [1.807, 2.05) is 31.2 Å². The van der Waals surface area contributed by atoms with Crippen molar-refractivity contribution >= 4 is 22.8 Å². The first kappa shape index (κ1) is 12.0. The predicted octanol–water partition coefficient (Wildman–Crippen LogP) is 1.79. The number of thioether (sulfide) groups is 1. The van der Waals surface area contributed by atoms with E-state index in [-0.39, 0.29) is 16.3 Å². The average molecular weight is 250 g/mol. The van der Waals surface area contributed by atoms with Crippen LogP contribution >= 0.6 is 11.8 Å². The van der Waals surface area contributed by atoms with Gasteiger partial charge in [0.05, 0.1) is 11.9 Å². The van der Waals surface area contributed by atoms with Gasteiger partial charge in [-0.25, -0.2) is 0 Å². The molecule has 90 valence electrons. The van der Waals surface area contributed by atoms with Crippen molar-refractivity contribution < 1.29 is 9.53 Å². The summed E-state index contributed by atoms with van der Waals surface area (Å²) >= 11 is 1.27. The van der Waals surface area contributed by atoms with Crippen LogP contribution in [0.3, 0.4) is 0 Å². The Morgan fingerprint density at radius 1 is 1.41 bits per heavy atom. The molecule has 0 aliphatic carbocycles. The number of hydrogen-bond acceptors (Lipinski definition) is 4. The first-order chi connectivity index (χ1) is 8.19. The Bertz CT molecular complexity index is 431. The first-order valence-corrected chi connectivity index (χ1v) is 6.35. The van der Waals surface area contributed by atoms with E-state index in [9.17, 15) is 4.79 Å². The topological polar surface area (TPSA) is 62.2 Å². The summed E-state index contributed by atoms with van der Waals surface area (Å²) in [5.74, 6) is 0.765. The molecule has 0 saturated carbocycles. The van der Waals surface area contributed by atoms with E-state index in [0.717, 1.165) is 11.3 Å². The zero-order valence-electron chi connectivity index (χ0n) is 9.53. The van der Waals surface area contributed by atoms with Crippen molar-refractivity contribution in [1.82, 2.24) is 5.32 Å². The molecular formula is C12H14N2O2S. The summed E-state index contributed by atoms with van der Waals surface area (Å²) < 4.78 is 5.35. The van der Waals surface area contributed by atoms with Crippen molar-refractivity contribution in [2.24, 2.45) is 0 Å². The molecule has 1 aromatic carbocycles. The van der Waals surface area contributed by atoms with Gasteiger partial charge in [-0.2, -0.15) is 0 Å². The molecule has 1 heterocycles. The average Bonchev–Trinajstić information content (AvgIpc) is 2.61. The third-order valence-electron chi connectivity index (χ3n) is 2.44. The number of rotatable bonds is 4. The van der Waals surface area contributed by atoms with Crippen LogP contribution in [-0.2, 0) is 11.2 Å². The first-order valence-electron chi connectivity index (χ1n) is 5.47. The minimum atomic E-state index is -0.180. The zero-order valence-corrected chi connectivity index (χ0v) is 10.3. The van der Waals surface area contributed by atoms with E-state index in [1.54, 1.807) is 0 Å². The molecule has 2 N–H and O–H groups in total. The molecule has 1 atom stereocenters. The SMILES string of the molecule is CCOc1ccc(CC2SC(=N)NC2=O)cc1. The number of benzene rings is 1. The summed E-state index contributed by atoms with van der Waals surface area (Å²) in [6.45, 7) is 2.59. The van der Waals surface area contributed by atoms with E-state index < -0.39 is 0 Å². The number of nitrogens with one attached hydrogen (secondary N) is 2. The van der Waals surface area contributed by atoms with Gasteiger partial charge in [0.2, 0.25) is 5.91 Å². The quantitative estimate of drug-likeness (QED) is 0.856. The Morgan fingerprint density at radius 3 is 2.65 bits per heavy atom. The number of amides is 1. The van der Waals surface area contributed by atoms with Gasteiger partial charge in [0, 0.05) is 0 Å². The molecule has 0 spiro atoms. The molecule has 1 amide bonds. The number of carbonyl (C=O) groups is 1. The molecule has 1 aromatic rings. The van der Waals surface area contributed by atoms with E-state index >= 15 is 0 Å². The van der Waals surface area contributed by atoms with Crippen LogP contribution in [0.1, 0.15) is 12.5 Å². The van der Waals surface area contributed by atoms with Crippen molar-refractivity contribution in [3.05, 3.63) is 29.8 Å². The van der Waals surface area contributed by atoms with E-state index in [2.05, 4.69) is 5.32 Å². The van der Waals surface area contributed by atoms with Gasteiger partial charge in [-0.05, 0) is 31.0 Å². The standard InChI is InChI=1S/C12H14N2O2S/c1-2-16-9-5-3-8(4-6-9)7-10-11(15)14-12(13)17-10/h3-6,10H,2,7H2,1H3,(H2,13,14,15). The monoisotopic (exact) mass is 250 g/mol. The maximum atomic E-state index is 11.5.